The summed E-state index contributed by atoms with van der Waals surface area (Å²) in [6, 6.07) is 16.0. The summed E-state index contributed by atoms with van der Waals surface area (Å²) in [5.41, 5.74) is 2.04. The molecule has 0 atom stereocenters. The molecule has 0 unspecified atom stereocenters. The quantitative estimate of drug-likeness (QED) is 0.692. The molecule has 1 amide bonds. The summed E-state index contributed by atoms with van der Waals surface area (Å²) in [5, 5.41) is 2.75. The van der Waals surface area contributed by atoms with Crippen molar-refractivity contribution in [3.05, 3.63) is 71.8 Å². The number of ether oxygens (including phenoxy) is 1. The van der Waals surface area contributed by atoms with Crippen LogP contribution in [0.3, 0.4) is 0 Å². The lowest BCUT2D eigenvalue weighted by atomic mass is 10.1. The van der Waals surface area contributed by atoms with Crippen molar-refractivity contribution < 1.29 is 14.3 Å². The molecule has 0 aliphatic carbocycles. The molecule has 0 radical (unpaired) electrons. The van der Waals surface area contributed by atoms with Crippen LogP contribution in [-0.4, -0.2) is 19.0 Å². The van der Waals surface area contributed by atoms with Gasteiger partial charge in [-0.1, -0.05) is 30.3 Å². The van der Waals surface area contributed by atoms with E-state index in [1.807, 2.05) is 30.3 Å². The summed E-state index contributed by atoms with van der Waals surface area (Å²) < 4.78 is 4.62. The number of carbonyl (C=O) groups excluding carboxylic acids is 2. The van der Waals surface area contributed by atoms with Gasteiger partial charge in [-0.2, -0.15) is 0 Å². The molecule has 2 aromatic carbocycles. The van der Waals surface area contributed by atoms with E-state index in [1.54, 1.807) is 30.3 Å². The van der Waals surface area contributed by atoms with Gasteiger partial charge in [-0.05, 0) is 35.9 Å². The van der Waals surface area contributed by atoms with Crippen molar-refractivity contribution in [2.24, 2.45) is 0 Å². The van der Waals surface area contributed by atoms with Gasteiger partial charge < -0.3 is 10.1 Å². The second-order valence-corrected chi connectivity index (χ2v) is 4.30. The Bertz CT molecular complexity index is 645. The number of carbonyl (C=O) groups is 2. The van der Waals surface area contributed by atoms with E-state index in [1.165, 1.54) is 13.2 Å². The normalized spacial score (nSPS) is 10.3. The second kappa shape index (κ2) is 7.05. The van der Waals surface area contributed by atoms with E-state index in [4.69, 9.17) is 0 Å². The van der Waals surface area contributed by atoms with Gasteiger partial charge in [0.15, 0.2) is 0 Å². The highest BCUT2D eigenvalue weighted by Gasteiger charge is 2.03. The van der Waals surface area contributed by atoms with Crippen molar-refractivity contribution in [2.45, 2.75) is 0 Å². The van der Waals surface area contributed by atoms with Crippen LogP contribution in [0, 0.1) is 0 Å². The third-order valence-corrected chi connectivity index (χ3v) is 2.80. The average molecular weight is 281 g/mol. The van der Waals surface area contributed by atoms with E-state index in [-0.39, 0.29) is 11.9 Å². The van der Waals surface area contributed by atoms with Crippen LogP contribution >= 0.6 is 0 Å². The molecule has 0 fully saturated rings. The minimum Gasteiger partial charge on any atom is -0.465 e. The van der Waals surface area contributed by atoms with Crippen molar-refractivity contribution in [3.8, 4) is 0 Å². The van der Waals surface area contributed by atoms with Gasteiger partial charge in [0.25, 0.3) is 0 Å². The number of para-hydroxylation sites is 1. The number of benzene rings is 2. The molecule has 0 aliphatic rings. The number of hydrogen-bond acceptors (Lipinski definition) is 3. The molecule has 0 saturated heterocycles. The number of rotatable bonds is 4. The third-order valence-electron chi connectivity index (χ3n) is 2.80. The number of methoxy groups -OCH3 is 1. The summed E-state index contributed by atoms with van der Waals surface area (Å²) >= 11 is 0. The largest absolute Gasteiger partial charge is 0.465 e. The Balaban J connectivity index is 1.97. The SMILES string of the molecule is COC(=O)c1ccc(/C=C/C(=O)Nc2ccccc2)cc1. The minimum absolute atomic E-state index is 0.210. The summed E-state index contributed by atoms with van der Waals surface area (Å²) in [6.07, 6.45) is 3.12. The fourth-order valence-corrected chi connectivity index (χ4v) is 1.73. The Kier molecular flexibility index (Phi) is 4.88. The van der Waals surface area contributed by atoms with Crippen LogP contribution in [0.5, 0.6) is 0 Å². The molecule has 21 heavy (non-hydrogen) atoms. The topological polar surface area (TPSA) is 55.4 Å². The molecule has 2 rings (SSSR count). The van der Waals surface area contributed by atoms with E-state index in [0.29, 0.717) is 5.56 Å². The first-order chi connectivity index (χ1) is 10.2. The van der Waals surface area contributed by atoms with Gasteiger partial charge in [0, 0.05) is 11.8 Å². The molecule has 0 spiro atoms. The van der Waals surface area contributed by atoms with E-state index in [9.17, 15) is 9.59 Å². The lowest BCUT2D eigenvalue weighted by Gasteiger charge is -2.01. The maximum atomic E-state index is 11.7. The van der Waals surface area contributed by atoms with Crippen LogP contribution in [0.4, 0.5) is 5.69 Å². The highest BCUT2D eigenvalue weighted by Crippen LogP contribution is 2.08. The van der Waals surface area contributed by atoms with Crippen molar-refractivity contribution in [2.75, 3.05) is 12.4 Å². The molecule has 0 aromatic heterocycles. The van der Waals surface area contributed by atoms with Gasteiger partial charge in [-0.25, -0.2) is 4.79 Å². The highest BCUT2D eigenvalue weighted by molar-refractivity contribution is 6.02. The maximum Gasteiger partial charge on any atom is 0.337 e. The molecule has 0 saturated carbocycles. The molecule has 4 heteroatoms. The molecular weight excluding hydrogens is 266 g/mol. The first-order valence-corrected chi connectivity index (χ1v) is 6.41. The standard InChI is InChI=1S/C17H15NO3/c1-21-17(20)14-10-7-13(8-11-14)9-12-16(19)18-15-5-3-2-4-6-15/h2-12H,1H3,(H,18,19)/b12-9+. The van der Waals surface area contributed by atoms with Gasteiger partial charge in [0.1, 0.15) is 0 Å². The number of amides is 1. The van der Waals surface area contributed by atoms with E-state index in [2.05, 4.69) is 10.1 Å². The second-order valence-electron chi connectivity index (χ2n) is 4.30. The van der Waals surface area contributed by atoms with E-state index >= 15 is 0 Å². The Morgan fingerprint density at radius 3 is 2.29 bits per heavy atom. The number of nitrogens with one attached hydrogen (secondary N) is 1. The Morgan fingerprint density at radius 1 is 1.00 bits per heavy atom. The number of esters is 1. The number of anilines is 1. The predicted molar refractivity (Wildman–Crippen MR) is 81.9 cm³/mol. The van der Waals surface area contributed by atoms with Crippen LogP contribution in [0.2, 0.25) is 0 Å². The lowest BCUT2D eigenvalue weighted by Crippen LogP contribution is -2.07. The maximum absolute atomic E-state index is 11.7. The van der Waals surface area contributed by atoms with Crippen LogP contribution in [0.15, 0.2) is 60.7 Å². The highest BCUT2D eigenvalue weighted by atomic mass is 16.5. The van der Waals surface area contributed by atoms with Gasteiger partial charge in [0.05, 0.1) is 12.7 Å². The zero-order chi connectivity index (χ0) is 15.1. The first-order valence-electron chi connectivity index (χ1n) is 6.41. The molecule has 106 valence electrons. The minimum atomic E-state index is -0.382. The van der Waals surface area contributed by atoms with Gasteiger partial charge in [-0.15, -0.1) is 0 Å². The molecular formula is C17H15NO3. The van der Waals surface area contributed by atoms with Gasteiger partial charge >= 0.3 is 5.97 Å². The third kappa shape index (κ3) is 4.31. The molecule has 0 aliphatic heterocycles. The average Bonchev–Trinajstić information content (AvgIpc) is 2.53. The van der Waals surface area contributed by atoms with Crippen LogP contribution in [0.1, 0.15) is 15.9 Å². The molecule has 1 N–H and O–H groups in total. The van der Waals surface area contributed by atoms with Crippen molar-refractivity contribution in [1.29, 1.82) is 0 Å². The molecule has 2 aromatic rings. The van der Waals surface area contributed by atoms with Gasteiger partial charge in [0.2, 0.25) is 5.91 Å². The van der Waals surface area contributed by atoms with Crippen molar-refractivity contribution in [1.82, 2.24) is 0 Å². The fraction of sp³-hybridized carbons (Fsp3) is 0.0588. The Morgan fingerprint density at radius 2 is 1.67 bits per heavy atom. The summed E-state index contributed by atoms with van der Waals surface area (Å²) in [6.45, 7) is 0. The molecule has 0 bridgehead atoms. The lowest BCUT2D eigenvalue weighted by molar-refractivity contribution is -0.111. The smallest absolute Gasteiger partial charge is 0.337 e. The Labute approximate surface area is 123 Å². The monoisotopic (exact) mass is 281 g/mol. The van der Waals surface area contributed by atoms with Crippen LogP contribution in [0.25, 0.3) is 6.08 Å². The summed E-state index contributed by atoms with van der Waals surface area (Å²) in [5.74, 6) is -0.592. The summed E-state index contributed by atoms with van der Waals surface area (Å²) in [7, 11) is 1.34. The van der Waals surface area contributed by atoms with Crippen molar-refractivity contribution >= 4 is 23.6 Å². The van der Waals surface area contributed by atoms with Gasteiger partial charge in [-0.3, -0.25) is 4.79 Å². The summed E-state index contributed by atoms with van der Waals surface area (Å²) in [4.78, 5) is 23.0. The Hall–Kier alpha value is -2.88. The zero-order valence-corrected chi connectivity index (χ0v) is 11.6. The van der Waals surface area contributed by atoms with E-state index in [0.717, 1.165) is 11.3 Å². The van der Waals surface area contributed by atoms with Crippen molar-refractivity contribution in [3.63, 3.8) is 0 Å². The van der Waals surface area contributed by atoms with Crippen LogP contribution in [-0.2, 0) is 9.53 Å². The number of hydrogen-bond donors (Lipinski definition) is 1. The molecule has 0 heterocycles. The zero-order valence-electron chi connectivity index (χ0n) is 11.6. The van der Waals surface area contributed by atoms with E-state index < -0.39 is 0 Å². The molecule has 4 nitrogen and oxygen atoms in total. The predicted octanol–water partition coefficient (Wildman–Crippen LogP) is 3.13. The first kappa shape index (κ1) is 14.5. The fourth-order valence-electron chi connectivity index (χ4n) is 1.73. The van der Waals surface area contributed by atoms with Crippen LogP contribution < -0.4 is 5.32 Å².